The van der Waals surface area contributed by atoms with Gasteiger partial charge in [0.1, 0.15) is 0 Å². The minimum Gasteiger partial charge on any atom is -0.295 e. The summed E-state index contributed by atoms with van der Waals surface area (Å²) in [5, 5.41) is 2.18. The van der Waals surface area contributed by atoms with E-state index >= 15 is 0 Å². The van der Waals surface area contributed by atoms with E-state index < -0.39 is 0 Å². The van der Waals surface area contributed by atoms with Gasteiger partial charge in [0.15, 0.2) is 0 Å². The minimum absolute atomic E-state index is 0.0735. The van der Waals surface area contributed by atoms with E-state index in [9.17, 15) is 19.2 Å². The molecule has 0 aliphatic carbocycles. The van der Waals surface area contributed by atoms with Gasteiger partial charge in [-0.15, -0.1) is 0 Å². The largest absolute Gasteiger partial charge is 0.295 e. The Morgan fingerprint density at radius 2 is 1.62 bits per heavy atom. The fourth-order valence-electron chi connectivity index (χ4n) is 1.07. The summed E-state index contributed by atoms with van der Waals surface area (Å²) in [4.78, 5) is 41.7. The van der Waals surface area contributed by atoms with Crippen molar-refractivity contribution in [2.75, 3.05) is 0 Å². The van der Waals surface area contributed by atoms with Gasteiger partial charge in [0.05, 0.1) is 26.8 Å². The second-order valence-corrected chi connectivity index (χ2v) is 5.62. The highest BCUT2D eigenvalue weighted by Gasteiger charge is 2.27. The van der Waals surface area contributed by atoms with Crippen LogP contribution in [0.2, 0.25) is 0 Å². The molecule has 16 heavy (non-hydrogen) atoms. The number of hydrogen-bond acceptors (Lipinski definition) is 4. The van der Waals surface area contributed by atoms with Gasteiger partial charge in [-0.3, -0.25) is 24.5 Å². The number of carbonyl (C=O) groups is 4. The van der Waals surface area contributed by atoms with Gasteiger partial charge in [0.25, 0.3) is 0 Å². The molecule has 2 saturated heterocycles. The SMILES string of the molecule is O=C1CC(I)C(=O)N1.O=C1CCC(=O)N1I. The third-order valence-electron chi connectivity index (χ3n) is 1.90. The third-order valence-corrected chi connectivity index (χ3v) is 3.98. The first-order chi connectivity index (χ1) is 7.41. The molecule has 2 aliphatic rings. The first-order valence-corrected chi connectivity index (χ1v) is 6.62. The lowest BCUT2D eigenvalue weighted by Gasteiger charge is -1.97. The molecule has 2 fully saturated rings. The lowest BCUT2D eigenvalue weighted by molar-refractivity contribution is -0.131. The van der Waals surface area contributed by atoms with Gasteiger partial charge in [-0.05, 0) is 0 Å². The van der Waals surface area contributed by atoms with Crippen LogP contribution in [0.25, 0.3) is 0 Å². The highest BCUT2D eigenvalue weighted by Crippen LogP contribution is 2.15. The quantitative estimate of drug-likeness (QED) is 0.250. The van der Waals surface area contributed by atoms with Crippen molar-refractivity contribution in [2.45, 2.75) is 23.2 Å². The average Bonchev–Trinajstić information content (AvgIpc) is 2.65. The van der Waals surface area contributed by atoms with Crippen LogP contribution in [0, 0.1) is 0 Å². The third kappa shape index (κ3) is 3.64. The molecule has 1 N–H and O–H groups in total. The van der Waals surface area contributed by atoms with Crippen molar-refractivity contribution in [1.82, 2.24) is 8.43 Å². The first kappa shape index (κ1) is 13.8. The molecule has 6 nitrogen and oxygen atoms in total. The van der Waals surface area contributed by atoms with Crippen molar-refractivity contribution in [3.63, 3.8) is 0 Å². The number of nitrogens with one attached hydrogen (secondary N) is 1. The topological polar surface area (TPSA) is 83.5 Å². The molecule has 2 rings (SSSR count). The molecule has 0 bridgehead atoms. The first-order valence-electron chi connectivity index (χ1n) is 4.41. The van der Waals surface area contributed by atoms with Crippen LogP contribution in [-0.4, -0.2) is 30.7 Å². The lowest BCUT2D eigenvalue weighted by Crippen LogP contribution is -2.21. The number of carbonyl (C=O) groups excluding carboxylic acids is 4. The van der Waals surface area contributed by atoms with Crippen LogP contribution in [0.3, 0.4) is 0 Å². The lowest BCUT2D eigenvalue weighted by atomic mass is 10.4. The molecule has 0 aromatic heterocycles. The van der Waals surface area contributed by atoms with Crippen molar-refractivity contribution in [2.24, 2.45) is 0 Å². The van der Waals surface area contributed by atoms with E-state index in [0.717, 1.165) is 3.11 Å². The Kier molecular flexibility index (Phi) is 5.08. The van der Waals surface area contributed by atoms with Crippen LogP contribution in [0.1, 0.15) is 19.3 Å². The predicted molar refractivity (Wildman–Crippen MR) is 70.7 cm³/mol. The van der Waals surface area contributed by atoms with Crippen molar-refractivity contribution < 1.29 is 19.2 Å². The average molecular weight is 450 g/mol. The summed E-state index contributed by atoms with van der Waals surface area (Å²) in [6, 6.07) is 0. The van der Waals surface area contributed by atoms with Crippen molar-refractivity contribution in [3.8, 4) is 0 Å². The van der Waals surface area contributed by atoms with E-state index in [1.807, 2.05) is 22.6 Å². The van der Waals surface area contributed by atoms with E-state index in [1.165, 1.54) is 0 Å². The molecule has 2 heterocycles. The monoisotopic (exact) mass is 450 g/mol. The molecule has 0 aromatic rings. The maximum Gasteiger partial charge on any atom is 0.240 e. The van der Waals surface area contributed by atoms with Crippen LogP contribution in [0.4, 0.5) is 0 Å². The minimum atomic E-state index is -0.158. The Labute approximate surface area is 119 Å². The molecule has 1 atom stereocenters. The summed E-state index contributed by atoms with van der Waals surface area (Å²) in [6.07, 6.45) is 1.13. The number of nitrogens with zero attached hydrogens (tertiary/aromatic N) is 1. The maximum atomic E-state index is 10.5. The number of amides is 4. The van der Waals surface area contributed by atoms with Gasteiger partial charge in [0, 0.05) is 19.3 Å². The van der Waals surface area contributed by atoms with E-state index in [0.29, 0.717) is 19.3 Å². The molecule has 0 aromatic carbocycles. The molecule has 8 heteroatoms. The molecule has 1 unspecified atom stereocenters. The zero-order chi connectivity index (χ0) is 12.3. The maximum absolute atomic E-state index is 10.5. The molecular weight excluding hydrogens is 442 g/mol. The smallest absolute Gasteiger partial charge is 0.240 e. The fraction of sp³-hybridized carbons (Fsp3) is 0.500. The number of hydrogen-bond donors (Lipinski definition) is 1. The zero-order valence-electron chi connectivity index (χ0n) is 8.03. The zero-order valence-corrected chi connectivity index (χ0v) is 12.3. The fourth-order valence-corrected chi connectivity index (χ4v) is 2.11. The van der Waals surface area contributed by atoms with Gasteiger partial charge in [-0.1, -0.05) is 22.6 Å². The van der Waals surface area contributed by atoms with Crippen molar-refractivity contribution >= 4 is 69.1 Å². The molecular formula is C8H8I2N2O4. The Morgan fingerprint density at radius 3 is 1.75 bits per heavy atom. The van der Waals surface area contributed by atoms with Gasteiger partial charge in [-0.25, -0.2) is 3.11 Å². The second kappa shape index (κ2) is 5.89. The summed E-state index contributed by atoms with van der Waals surface area (Å²) in [7, 11) is 0. The standard InChI is InChI=1S/2C4H4INO2/c5-6-3(7)1-2-4(6)8;5-2-1-3(7)6-4(2)8/h1-2H2;2H,1H2,(H,6,7,8). The molecule has 4 amide bonds. The summed E-state index contributed by atoms with van der Waals surface area (Å²) < 4.78 is 0.998. The normalized spacial score (nSPS) is 24.4. The Morgan fingerprint density at radius 1 is 1.12 bits per heavy atom. The molecule has 0 radical (unpaired) electrons. The summed E-state index contributed by atoms with van der Waals surface area (Å²) in [6.45, 7) is 0. The van der Waals surface area contributed by atoms with E-state index in [4.69, 9.17) is 0 Å². The van der Waals surface area contributed by atoms with Crippen molar-refractivity contribution in [3.05, 3.63) is 0 Å². The Bertz CT molecular complexity index is 339. The van der Waals surface area contributed by atoms with Crippen molar-refractivity contribution in [1.29, 1.82) is 0 Å². The Balaban J connectivity index is 0.000000160. The van der Waals surface area contributed by atoms with Gasteiger partial charge < -0.3 is 0 Å². The number of imide groups is 2. The molecule has 0 saturated carbocycles. The van der Waals surface area contributed by atoms with Crippen LogP contribution >= 0.6 is 45.5 Å². The Hall–Kier alpha value is -0.260. The molecule has 88 valence electrons. The second-order valence-electron chi connectivity index (χ2n) is 3.15. The molecule has 0 spiro atoms. The van der Waals surface area contributed by atoms with Crippen LogP contribution in [-0.2, 0) is 19.2 Å². The summed E-state index contributed by atoms with van der Waals surface area (Å²) in [5.41, 5.74) is 0. The highest BCUT2D eigenvalue weighted by molar-refractivity contribution is 14.1. The van der Waals surface area contributed by atoms with Crippen LogP contribution in [0.5, 0.6) is 0 Å². The van der Waals surface area contributed by atoms with Gasteiger partial charge in [-0.2, -0.15) is 0 Å². The van der Waals surface area contributed by atoms with E-state index in [1.54, 1.807) is 22.9 Å². The number of alkyl halides is 1. The molecule has 2 aliphatic heterocycles. The highest BCUT2D eigenvalue weighted by atomic mass is 127. The summed E-state index contributed by atoms with van der Waals surface area (Å²) >= 11 is 3.66. The summed E-state index contributed by atoms with van der Waals surface area (Å²) in [5.74, 6) is -0.462. The van der Waals surface area contributed by atoms with Crippen LogP contribution < -0.4 is 5.32 Å². The number of rotatable bonds is 0. The van der Waals surface area contributed by atoms with Gasteiger partial charge >= 0.3 is 0 Å². The van der Waals surface area contributed by atoms with Gasteiger partial charge in [0.2, 0.25) is 23.6 Å². The van der Waals surface area contributed by atoms with E-state index in [-0.39, 0.29) is 27.6 Å². The predicted octanol–water partition coefficient (Wildman–Crippen LogP) is 0.322. The van der Waals surface area contributed by atoms with Crippen LogP contribution in [0.15, 0.2) is 0 Å². The number of halogens is 2. The van der Waals surface area contributed by atoms with E-state index in [2.05, 4.69) is 5.32 Å².